The van der Waals surface area contributed by atoms with Crippen molar-refractivity contribution >= 4 is 11.9 Å². The van der Waals surface area contributed by atoms with Gasteiger partial charge in [0.15, 0.2) is 0 Å². The maximum Gasteiger partial charge on any atom is 0.234 e. The number of hydrogen-bond donors (Lipinski definition) is 1. The molecule has 0 aromatic carbocycles. The molecule has 1 heterocycles. The van der Waals surface area contributed by atoms with Crippen molar-refractivity contribution in [3.05, 3.63) is 5.82 Å². The Kier molecular flexibility index (Phi) is 8.43. The van der Waals surface area contributed by atoms with Crippen LogP contribution < -0.4 is 9.80 Å². The molecule has 1 aromatic rings. The van der Waals surface area contributed by atoms with Crippen molar-refractivity contribution in [3.63, 3.8) is 0 Å². The highest BCUT2D eigenvalue weighted by molar-refractivity contribution is 5.39. The summed E-state index contributed by atoms with van der Waals surface area (Å²) in [5.41, 5.74) is 0. The number of ether oxygens (including phenoxy) is 3. The Labute approximate surface area is 155 Å². The first-order valence-corrected chi connectivity index (χ1v) is 9.03. The minimum atomic E-state index is -0.789. The highest BCUT2D eigenvalue weighted by atomic mass is 16.5. The number of aromatic nitrogens is 3. The van der Waals surface area contributed by atoms with Crippen molar-refractivity contribution in [2.24, 2.45) is 0 Å². The molecule has 0 bridgehead atoms. The monoisotopic (exact) mass is 369 g/mol. The standard InChI is InChI=1S/C17H31N5O4/c1-13(23)22(12-26-4)17-19-15(14-8-6-5-7-9-14)18-16(20-17)21(10-24-2)11-25-3/h13-14,23H,5-12H2,1-4H3. The summed E-state index contributed by atoms with van der Waals surface area (Å²) in [5, 5.41) is 10.1. The fourth-order valence-corrected chi connectivity index (χ4v) is 3.12. The van der Waals surface area contributed by atoms with Gasteiger partial charge in [0.2, 0.25) is 11.9 Å². The predicted octanol–water partition coefficient (Wildman–Crippen LogP) is 1.68. The van der Waals surface area contributed by atoms with Gasteiger partial charge in [0.1, 0.15) is 32.2 Å². The number of rotatable bonds is 10. The van der Waals surface area contributed by atoms with E-state index in [1.807, 2.05) is 0 Å². The molecule has 1 N–H and O–H groups in total. The molecule has 9 heteroatoms. The van der Waals surface area contributed by atoms with Gasteiger partial charge in [0, 0.05) is 27.2 Å². The van der Waals surface area contributed by atoms with Crippen molar-refractivity contribution in [1.82, 2.24) is 15.0 Å². The normalized spacial score (nSPS) is 16.5. The largest absolute Gasteiger partial charge is 0.374 e. The zero-order valence-corrected chi connectivity index (χ0v) is 16.2. The van der Waals surface area contributed by atoms with E-state index in [0.717, 1.165) is 18.7 Å². The lowest BCUT2D eigenvalue weighted by Gasteiger charge is -2.28. The van der Waals surface area contributed by atoms with Crippen LogP contribution in [-0.4, -0.2) is 67.8 Å². The molecule has 1 aliphatic carbocycles. The fourth-order valence-electron chi connectivity index (χ4n) is 3.12. The summed E-state index contributed by atoms with van der Waals surface area (Å²) in [4.78, 5) is 17.3. The van der Waals surface area contributed by atoms with Crippen LogP contribution in [0.2, 0.25) is 0 Å². The van der Waals surface area contributed by atoms with Crippen molar-refractivity contribution in [2.45, 2.75) is 51.2 Å². The van der Waals surface area contributed by atoms with Crippen molar-refractivity contribution in [1.29, 1.82) is 0 Å². The smallest absolute Gasteiger partial charge is 0.234 e. The molecule has 0 spiro atoms. The van der Waals surface area contributed by atoms with E-state index in [1.165, 1.54) is 19.3 Å². The molecule has 0 radical (unpaired) electrons. The van der Waals surface area contributed by atoms with E-state index >= 15 is 0 Å². The molecule has 1 aromatic heterocycles. The van der Waals surface area contributed by atoms with E-state index in [-0.39, 0.29) is 6.73 Å². The van der Waals surface area contributed by atoms with Crippen LogP contribution in [0.5, 0.6) is 0 Å². The van der Waals surface area contributed by atoms with Gasteiger partial charge in [0.25, 0.3) is 0 Å². The van der Waals surface area contributed by atoms with Crippen molar-refractivity contribution in [2.75, 3.05) is 51.3 Å². The van der Waals surface area contributed by atoms with Gasteiger partial charge in [-0.05, 0) is 19.8 Å². The van der Waals surface area contributed by atoms with Gasteiger partial charge in [-0.1, -0.05) is 19.3 Å². The van der Waals surface area contributed by atoms with E-state index in [0.29, 0.717) is 31.3 Å². The molecule has 1 saturated carbocycles. The van der Waals surface area contributed by atoms with E-state index < -0.39 is 6.23 Å². The summed E-state index contributed by atoms with van der Waals surface area (Å²) in [6.07, 6.45) is 4.96. The average Bonchev–Trinajstić information content (AvgIpc) is 2.66. The number of aliphatic hydroxyl groups is 1. The number of anilines is 2. The van der Waals surface area contributed by atoms with Crippen LogP contribution in [0, 0.1) is 0 Å². The Hall–Kier alpha value is -1.55. The molecule has 26 heavy (non-hydrogen) atoms. The minimum Gasteiger partial charge on any atom is -0.374 e. The molecule has 0 aliphatic heterocycles. The predicted molar refractivity (Wildman–Crippen MR) is 97.9 cm³/mol. The van der Waals surface area contributed by atoms with Crippen LogP contribution in [0.15, 0.2) is 0 Å². The summed E-state index contributed by atoms with van der Waals surface area (Å²) in [7, 11) is 4.79. The second-order valence-corrected chi connectivity index (χ2v) is 6.52. The lowest BCUT2D eigenvalue weighted by molar-refractivity contribution is 0.121. The second kappa shape index (κ2) is 10.6. The van der Waals surface area contributed by atoms with E-state index in [1.54, 1.807) is 38.1 Å². The number of methoxy groups -OCH3 is 3. The molecule has 1 unspecified atom stereocenters. The molecule has 2 rings (SSSR count). The third kappa shape index (κ3) is 5.47. The van der Waals surface area contributed by atoms with Crippen molar-refractivity contribution < 1.29 is 19.3 Å². The second-order valence-electron chi connectivity index (χ2n) is 6.52. The Morgan fingerprint density at radius 2 is 1.50 bits per heavy atom. The van der Waals surface area contributed by atoms with Crippen LogP contribution in [0.1, 0.15) is 50.8 Å². The Bertz CT molecular complexity index is 534. The summed E-state index contributed by atoms with van der Waals surface area (Å²) in [5.74, 6) is 1.92. The average molecular weight is 369 g/mol. The summed E-state index contributed by atoms with van der Waals surface area (Å²) in [6.45, 7) is 2.42. The van der Waals surface area contributed by atoms with Gasteiger partial charge in [0.05, 0.1) is 0 Å². The maximum atomic E-state index is 10.1. The first-order chi connectivity index (χ1) is 12.6. The zero-order chi connectivity index (χ0) is 18.9. The molecular formula is C17H31N5O4. The number of hydrogen-bond acceptors (Lipinski definition) is 9. The first-order valence-electron chi connectivity index (χ1n) is 9.03. The zero-order valence-electron chi connectivity index (χ0n) is 16.2. The third-order valence-electron chi connectivity index (χ3n) is 4.43. The molecule has 1 atom stereocenters. The quantitative estimate of drug-likeness (QED) is 0.618. The lowest BCUT2D eigenvalue weighted by Crippen LogP contribution is -2.37. The number of aliphatic hydroxyl groups excluding tert-OH is 1. The number of nitrogens with zero attached hydrogens (tertiary/aromatic N) is 5. The van der Waals surface area contributed by atoms with Crippen LogP contribution in [0.4, 0.5) is 11.9 Å². The topological polar surface area (TPSA) is 93.1 Å². The molecule has 1 fully saturated rings. The van der Waals surface area contributed by atoms with Gasteiger partial charge < -0.3 is 19.3 Å². The Balaban J connectivity index is 2.42. The fraction of sp³-hybridized carbons (Fsp3) is 0.824. The Morgan fingerprint density at radius 3 is 2.04 bits per heavy atom. The molecule has 0 saturated heterocycles. The van der Waals surface area contributed by atoms with E-state index in [4.69, 9.17) is 19.2 Å². The van der Waals surface area contributed by atoms with Crippen LogP contribution in [-0.2, 0) is 14.2 Å². The molecule has 1 aliphatic rings. The minimum absolute atomic E-state index is 0.180. The highest BCUT2D eigenvalue weighted by Crippen LogP contribution is 2.32. The van der Waals surface area contributed by atoms with Crippen LogP contribution >= 0.6 is 0 Å². The molecule has 148 valence electrons. The van der Waals surface area contributed by atoms with E-state index in [2.05, 4.69) is 9.97 Å². The highest BCUT2D eigenvalue weighted by Gasteiger charge is 2.24. The third-order valence-corrected chi connectivity index (χ3v) is 4.43. The van der Waals surface area contributed by atoms with Crippen LogP contribution in [0.3, 0.4) is 0 Å². The summed E-state index contributed by atoms with van der Waals surface area (Å²) >= 11 is 0. The van der Waals surface area contributed by atoms with Gasteiger partial charge in [-0.2, -0.15) is 15.0 Å². The van der Waals surface area contributed by atoms with Crippen LogP contribution in [0.25, 0.3) is 0 Å². The summed E-state index contributed by atoms with van der Waals surface area (Å²) < 4.78 is 15.7. The van der Waals surface area contributed by atoms with Gasteiger partial charge >= 0.3 is 0 Å². The van der Waals surface area contributed by atoms with Gasteiger partial charge in [-0.15, -0.1) is 0 Å². The Morgan fingerprint density at radius 1 is 0.923 bits per heavy atom. The maximum absolute atomic E-state index is 10.1. The van der Waals surface area contributed by atoms with E-state index in [9.17, 15) is 5.11 Å². The summed E-state index contributed by atoms with van der Waals surface area (Å²) in [6, 6.07) is 0. The molecule has 0 amide bonds. The van der Waals surface area contributed by atoms with Crippen molar-refractivity contribution in [3.8, 4) is 0 Å². The lowest BCUT2D eigenvalue weighted by atomic mass is 9.89. The van der Waals surface area contributed by atoms with Gasteiger partial charge in [-0.3, -0.25) is 9.80 Å². The SMILES string of the molecule is COCN(COC)c1nc(C2CCCCC2)nc(N(COC)C(C)O)n1. The molecule has 9 nitrogen and oxygen atoms in total. The molecular weight excluding hydrogens is 338 g/mol. The van der Waals surface area contributed by atoms with Gasteiger partial charge in [-0.25, -0.2) is 0 Å². The first kappa shape index (κ1) is 20.8.